The van der Waals surface area contributed by atoms with Gasteiger partial charge in [0.2, 0.25) is 5.91 Å². The van der Waals surface area contributed by atoms with Crippen molar-refractivity contribution in [2.75, 3.05) is 0 Å². The first kappa shape index (κ1) is 16.8. The summed E-state index contributed by atoms with van der Waals surface area (Å²) in [5.41, 5.74) is 2.35. The van der Waals surface area contributed by atoms with E-state index in [0.717, 1.165) is 17.0 Å². The predicted octanol–water partition coefficient (Wildman–Crippen LogP) is 3.26. The normalized spacial score (nSPS) is 11.7. The lowest BCUT2D eigenvalue weighted by molar-refractivity contribution is -0.122. The van der Waals surface area contributed by atoms with Gasteiger partial charge in [-0.15, -0.1) is 0 Å². The lowest BCUT2D eigenvalue weighted by Gasteiger charge is -2.17. The Morgan fingerprint density at radius 3 is 2.16 bits per heavy atom. The summed E-state index contributed by atoms with van der Waals surface area (Å²) in [5.74, 6) is -0.906. The fraction of sp³-hybridized carbons (Fsp3) is 0.150. The summed E-state index contributed by atoms with van der Waals surface area (Å²) >= 11 is 0. The minimum Gasteiger partial charge on any atom is -0.350 e. The summed E-state index contributed by atoms with van der Waals surface area (Å²) in [6, 6.07) is 17.2. The molecule has 0 bridgehead atoms. The van der Waals surface area contributed by atoms with Crippen molar-refractivity contribution in [2.45, 2.75) is 18.9 Å². The van der Waals surface area contributed by atoms with Crippen molar-refractivity contribution in [1.82, 2.24) is 15.3 Å². The van der Waals surface area contributed by atoms with E-state index in [0.29, 0.717) is 13.0 Å². The van der Waals surface area contributed by atoms with Gasteiger partial charge in [-0.2, -0.15) is 0 Å². The van der Waals surface area contributed by atoms with E-state index < -0.39 is 5.92 Å². The van der Waals surface area contributed by atoms with E-state index >= 15 is 0 Å². The second-order valence-electron chi connectivity index (χ2n) is 5.67. The average Bonchev–Trinajstić information content (AvgIpc) is 2.67. The maximum absolute atomic E-state index is 13.2. The molecule has 1 aromatic carbocycles. The smallest absolute Gasteiger partial charge is 0.228 e. The first-order valence-electron chi connectivity index (χ1n) is 8.05. The molecule has 0 aliphatic heterocycles. The van der Waals surface area contributed by atoms with Crippen LogP contribution >= 0.6 is 0 Å². The standard InChI is InChI=1S/C20H18FN3O/c21-16-9-7-15(8-10-16)19(13-17-5-1-3-11-22-17)20(25)24-14-18-6-2-4-12-23-18/h1-12,19H,13-14H2,(H,24,25). The first-order valence-corrected chi connectivity index (χ1v) is 8.05. The number of carbonyl (C=O) groups excluding carboxylic acids is 1. The lowest BCUT2D eigenvalue weighted by Crippen LogP contribution is -2.30. The molecule has 1 N–H and O–H groups in total. The van der Waals surface area contributed by atoms with E-state index in [4.69, 9.17) is 0 Å². The van der Waals surface area contributed by atoms with Crippen LogP contribution in [0.3, 0.4) is 0 Å². The predicted molar refractivity (Wildman–Crippen MR) is 93.2 cm³/mol. The molecule has 0 aliphatic carbocycles. The number of benzene rings is 1. The molecule has 25 heavy (non-hydrogen) atoms. The van der Waals surface area contributed by atoms with E-state index in [2.05, 4.69) is 15.3 Å². The number of aromatic nitrogens is 2. The highest BCUT2D eigenvalue weighted by Crippen LogP contribution is 2.21. The van der Waals surface area contributed by atoms with Crippen molar-refractivity contribution in [1.29, 1.82) is 0 Å². The van der Waals surface area contributed by atoms with Crippen molar-refractivity contribution in [3.63, 3.8) is 0 Å². The van der Waals surface area contributed by atoms with Gasteiger partial charge in [0.25, 0.3) is 0 Å². The fourth-order valence-electron chi connectivity index (χ4n) is 2.59. The zero-order valence-corrected chi connectivity index (χ0v) is 13.6. The maximum atomic E-state index is 13.2. The number of pyridine rings is 2. The van der Waals surface area contributed by atoms with Crippen LogP contribution in [0.15, 0.2) is 73.1 Å². The number of amides is 1. The largest absolute Gasteiger partial charge is 0.350 e. The Bertz CT molecular complexity index is 807. The van der Waals surface area contributed by atoms with Crippen LogP contribution in [0.2, 0.25) is 0 Å². The van der Waals surface area contributed by atoms with Crippen molar-refractivity contribution in [3.05, 3.63) is 95.8 Å². The van der Waals surface area contributed by atoms with Gasteiger partial charge in [-0.05, 0) is 42.0 Å². The van der Waals surface area contributed by atoms with Gasteiger partial charge >= 0.3 is 0 Å². The SMILES string of the molecule is O=C(NCc1ccccn1)C(Cc1ccccn1)c1ccc(F)cc1. The zero-order chi connectivity index (χ0) is 17.5. The van der Waals surface area contributed by atoms with Crippen LogP contribution in [0.5, 0.6) is 0 Å². The number of halogens is 1. The van der Waals surface area contributed by atoms with Crippen LogP contribution in [0.4, 0.5) is 4.39 Å². The van der Waals surface area contributed by atoms with Gasteiger partial charge in [0.1, 0.15) is 5.82 Å². The van der Waals surface area contributed by atoms with Gasteiger partial charge in [-0.25, -0.2) is 4.39 Å². The molecule has 1 atom stereocenters. The van der Waals surface area contributed by atoms with Crippen LogP contribution in [0.25, 0.3) is 0 Å². The minimum absolute atomic E-state index is 0.136. The number of carbonyl (C=O) groups is 1. The highest BCUT2D eigenvalue weighted by atomic mass is 19.1. The summed E-state index contributed by atoms with van der Waals surface area (Å²) in [7, 11) is 0. The Hall–Kier alpha value is -3.08. The summed E-state index contributed by atoms with van der Waals surface area (Å²) in [4.78, 5) is 21.2. The molecule has 5 heteroatoms. The van der Waals surface area contributed by atoms with Gasteiger partial charge in [0.05, 0.1) is 18.2 Å². The average molecular weight is 335 g/mol. The number of nitrogens with one attached hydrogen (secondary N) is 1. The Morgan fingerprint density at radius 2 is 1.56 bits per heavy atom. The second-order valence-corrected chi connectivity index (χ2v) is 5.67. The van der Waals surface area contributed by atoms with Crippen LogP contribution in [0, 0.1) is 5.82 Å². The molecule has 0 radical (unpaired) electrons. The summed E-state index contributed by atoms with van der Waals surface area (Å²) in [6.45, 7) is 0.347. The lowest BCUT2D eigenvalue weighted by atomic mass is 9.93. The van der Waals surface area contributed by atoms with Crippen molar-refractivity contribution in [2.24, 2.45) is 0 Å². The molecule has 0 aliphatic rings. The summed E-state index contributed by atoms with van der Waals surface area (Å²) in [6.07, 6.45) is 3.83. The monoisotopic (exact) mass is 335 g/mol. The van der Waals surface area contributed by atoms with E-state index in [1.165, 1.54) is 12.1 Å². The summed E-state index contributed by atoms with van der Waals surface area (Å²) < 4.78 is 13.2. The third-order valence-corrected chi connectivity index (χ3v) is 3.90. The molecule has 126 valence electrons. The fourth-order valence-corrected chi connectivity index (χ4v) is 2.59. The number of nitrogens with zero attached hydrogens (tertiary/aromatic N) is 2. The third kappa shape index (κ3) is 4.70. The molecule has 1 unspecified atom stereocenters. The van der Waals surface area contributed by atoms with Crippen LogP contribution < -0.4 is 5.32 Å². The van der Waals surface area contributed by atoms with Crippen LogP contribution in [-0.2, 0) is 17.8 Å². The third-order valence-electron chi connectivity index (χ3n) is 3.90. The molecule has 0 saturated carbocycles. The second kappa shape index (κ2) is 8.15. The molecular formula is C20H18FN3O. The number of hydrogen-bond acceptors (Lipinski definition) is 3. The Labute approximate surface area is 145 Å². The van der Waals surface area contributed by atoms with Crippen molar-refractivity contribution >= 4 is 5.91 Å². The molecule has 3 rings (SSSR count). The first-order chi connectivity index (χ1) is 12.2. The van der Waals surface area contributed by atoms with Gasteiger partial charge in [-0.3, -0.25) is 14.8 Å². The van der Waals surface area contributed by atoms with Gasteiger partial charge in [0, 0.05) is 24.5 Å². The highest BCUT2D eigenvalue weighted by molar-refractivity contribution is 5.83. The van der Waals surface area contributed by atoms with E-state index in [1.54, 1.807) is 24.5 Å². The van der Waals surface area contributed by atoms with E-state index in [1.807, 2.05) is 36.4 Å². The van der Waals surface area contributed by atoms with Crippen molar-refractivity contribution in [3.8, 4) is 0 Å². The zero-order valence-electron chi connectivity index (χ0n) is 13.6. The number of hydrogen-bond donors (Lipinski definition) is 1. The van der Waals surface area contributed by atoms with Gasteiger partial charge < -0.3 is 5.32 Å². The molecule has 0 fully saturated rings. The molecule has 1 amide bonds. The molecule has 4 nitrogen and oxygen atoms in total. The molecule has 2 aromatic heterocycles. The van der Waals surface area contributed by atoms with Crippen molar-refractivity contribution < 1.29 is 9.18 Å². The van der Waals surface area contributed by atoms with E-state index in [9.17, 15) is 9.18 Å². The van der Waals surface area contributed by atoms with Gasteiger partial charge in [-0.1, -0.05) is 24.3 Å². The minimum atomic E-state index is -0.445. The Balaban J connectivity index is 1.77. The molecular weight excluding hydrogens is 317 g/mol. The maximum Gasteiger partial charge on any atom is 0.228 e. The molecule has 0 saturated heterocycles. The quantitative estimate of drug-likeness (QED) is 0.752. The highest BCUT2D eigenvalue weighted by Gasteiger charge is 2.21. The Morgan fingerprint density at radius 1 is 0.920 bits per heavy atom. The van der Waals surface area contributed by atoms with Crippen LogP contribution in [0.1, 0.15) is 22.9 Å². The molecule has 3 aromatic rings. The topological polar surface area (TPSA) is 54.9 Å². The number of rotatable bonds is 6. The van der Waals surface area contributed by atoms with Crippen LogP contribution in [-0.4, -0.2) is 15.9 Å². The van der Waals surface area contributed by atoms with E-state index in [-0.39, 0.29) is 11.7 Å². The molecule has 2 heterocycles. The van der Waals surface area contributed by atoms with Gasteiger partial charge in [0.15, 0.2) is 0 Å². The molecule has 0 spiro atoms. The Kier molecular flexibility index (Phi) is 5.46. The summed E-state index contributed by atoms with van der Waals surface area (Å²) in [5, 5.41) is 2.91.